The summed E-state index contributed by atoms with van der Waals surface area (Å²) in [6, 6.07) is -0.185. The molecule has 0 aromatic rings. The van der Waals surface area contributed by atoms with Crippen LogP contribution in [0.2, 0.25) is 0 Å². The summed E-state index contributed by atoms with van der Waals surface area (Å²) >= 11 is 5.61. The van der Waals surface area contributed by atoms with Crippen LogP contribution in [0, 0.1) is 0 Å². The van der Waals surface area contributed by atoms with Crippen LogP contribution in [0.5, 0.6) is 0 Å². The van der Waals surface area contributed by atoms with Gasteiger partial charge in [-0.3, -0.25) is 0 Å². The molecule has 18 heavy (non-hydrogen) atoms. The van der Waals surface area contributed by atoms with Crippen LogP contribution in [0.1, 0.15) is 33.6 Å². The van der Waals surface area contributed by atoms with Crippen molar-refractivity contribution in [1.82, 2.24) is 9.03 Å². The molecular weight excluding hydrogens is 280 g/mol. The van der Waals surface area contributed by atoms with Gasteiger partial charge in [0.25, 0.3) is 0 Å². The molecule has 0 spiro atoms. The molecule has 108 valence electrons. The van der Waals surface area contributed by atoms with Crippen LogP contribution >= 0.6 is 11.6 Å². The summed E-state index contributed by atoms with van der Waals surface area (Å²) in [6.07, 6.45) is 0.330. The number of rotatable bonds is 8. The van der Waals surface area contributed by atoms with Crippen LogP contribution in [0.3, 0.4) is 0 Å². The van der Waals surface area contributed by atoms with Crippen LogP contribution in [0.25, 0.3) is 0 Å². The van der Waals surface area contributed by atoms with E-state index in [9.17, 15) is 13.2 Å². The zero-order valence-electron chi connectivity index (χ0n) is 11.0. The molecule has 0 atom stereocenters. The van der Waals surface area contributed by atoms with Crippen molar-refractivity contribution in [3.63, 3.8) is 0 Å². The van der Waals surface area contributed by atoms with Crippen LogP contribution in [-0.2, 0) is 14.9 Å². The Morgan fingerprint density at radius 1 is 1.33 bits per heavy atom. The van der Waals surface area contributed by atoms with Gasteiger partial charge in [0, 0.05) is 18.5 Å². The minimum atomic E-state index is -3.91. The number of carbonyl (C=O) groups is 1. The predicted molar refractivity (Wildman–Crippen MR) is 70.9 cm³/mol. The molecule has 0 rings (SSSR count). The molecule has 0 radical (unpaired) electrons. The molecule has 0 aromatic heterocycles. The number of hydrogen-bond donors (Lipinski definition) is 1. The quantitative estimate of drug-likeness (QED) is 0.692. The number of carbonyl (C=O) groups excluding carboxylic acids is 1. The number of ether oxygens (including phenoxy) is 1. The maximum atomic E-state index is 12.0. The summed E-state index contributed by atoms with van der Waals surface area (Å²) in [7, 11) is -3.91. The van der Waals surface area contributed by atoms with E-state index in [0.29, 0.717) is 12.8 Å². The first-order chi connectivity index (χ1) is 8.42. The molecule has 0 aromatic carbocycles. The molecular formula is C10H21ClN2O4S. The molecule has 0 aliphatic rings. The number of nitrogens with zero attached hydrogens (tertiary/aromatic N) is 1. The van der Waals surface area contributed by atoms with Gasteiger partial charge in [0.2, 0.25) is 0 Å². The molecule has 0 bridgehead atoms. The first-order valence-electron chi connectivity index (χ1n) is 5.95. The first kappa shape index (κ1) is 17.5. The van der Waals surface area contributed by atoms with E-state index in [1.807, 2.05) is 18.6 Å². The average Bonchev–Trinajstić information content (AvgIpc) is 2.29. The van der Waals surface area contributed by atoms with E-state index in [2.05, 4.69) is 4.74 Å². The lowest BCUT2D eigenvalue weighted by atomic mass is 10.2. The number of hydrogen-bond acceptors (Lipinski definition) is 4. The zero-order valence-corrected chi connectivity index (χ0v) is 12.6. The minimum absolute atomic E-state index is 0.113. The van der Waals surface area contributed by atoms with Crippen molar-refractivity contribution in [2.24, 2.45) is 0 Å². The summed E-state index contributed by atoms with van der Waals surface area (Å²) in [5, 5.41) is 0. The van der Waals surface area contributed by atoms with Gasteiger partial charge in [-0.25, -0.2) is 9.52 Å². The fourth-order valence-electron chi connectivity index (χ4n) is 1.60. The van der Waals surface area contributed by atoms with Crippen LogP contribution in [-0.4, -0.2) is 43.9 Å². The Hall–Kier alpha value is -0.530. The van der Waals surface area contributed by atoms with Crippen molar-refractivity contribution in [1.29, 1.82) is 0 Å². The number of amides is 1. The lowest BCUT2D eigenvalue weighted by Crippen LogP contribution is -2.49. The van der Waals surface area contributed by atoms with Gasteiger partial charge in [-0.1, -0.05) is 13.8 Å². The Bertz CT molecular complexity index is 344. The highest BCUT2D eigenvalue weighted by Gasteiger charge is 2.29. The molecule has 0 saturated heterocycles. The molecule has 0 fully saturated rings. The maximum Gasteiger partial charge on any atom is 0.421 e. The van der Waals surface area contributed by atoms with Crippen LogP contribution < -0.4 is 4.72 Å². The number of nitrogens with one attached hydrogen (secondary N) is 1. The second-order valence-electron chi connectivity index (χ2n) is 3.60. The minimum Gasteiger partial charge on any atom is -0.449 e. The van der Waals surface area contributed by atoms with Gasteiger partial charge in [-0.15, -0.1) is 11.6 Å². The highest BCUT2D eigenvalue weighted by Crippen LogP contribution is 2.13. The molecule has 0 aliphatic carbocycles. The molecule has 6 nitrogen and oxygen atoms in total. The van der Waals surface area contributed by atoms with E-state index in [-0.39, 0.29) is 25.1 Å². The highest BCUT2D eigenvalue weighted by molar-refractivity contribution is 7.87. The standard InChI is InChI=1S/C10H21ClN2O4S/c1-4-9(5-2)13(8-7-11)18(15,16)12-10(14)17-6-3/h9H,4-8H2,1-3H3,(H,12,14). The summed E-state index contributed by atoms with van der Waals surface area (Å²) in [4.78, 5) is 11.2. The fraction of sp³-hybridized carbons (Fsp3) is 0.900. The van der Waals surface area contributed by atoms with E-state index in [0.717, 1.165) is 0 Å². The van der Waals surface area contributed by atoms with Crippen molar-refractivity contribution in [2.45, 2.75) is 39.7 Å². The summed E-state index contributed by atoms with van der Waals surface area (Å²) in [5.74, 6) is 0.167. The van der Waals surface area contributed by atoms with Gasteiger partial charge in [0.15, 0.2) is 0 Å². The van der Waals surface area contributed by atoms with Gasteiger partial charge in [-0.05, 0) is 19.8 Å². The summed E-state index contributed by atoms with van der Waals surface area (Å²) in [6.45, 7) is 5.64. The Balaban J connectivity index is 4.91. The topological polar surface area (TPSA) is 75.7 Å². The van der Waals surface area contributed by atoms with E-state index in [1.54, 1.807) is 6.92 Å². The molecule has 1 amide bonds. The third kappa shape index (κ3) is 5.41. The Kier molecular flexibility index (Phi) is 8.30. The first-order valence-corrected chi connectivity index (χ1v) is 7.92. The maximum absolute atomic E-state index is 12.0. The predicted octanol–water partition coefficient (Wildman–Crippen LogP) is 1.71. The monoisotopic (exact) mass is 300 g/mol. The lowest BCUT2D eigenvalue weighted by Gasteiger charge is -2.28. The van der Waals surface area contributed by atoms with Crippen molar-refractivity contribution < 1.29 is 17.9 Å². The molecule has 0 heterocycles. The highest BCUT2D eigenvalue weighted by atomic mass is 35.5. The third-order valence-corrected chi connectivity index (χ3v) is 4.14. The van der Waals surface area contributed by atoms with Crippen molar-refractivity contribution >= 4 is 27.9 Å². The second-order valence-corrected chi connectivity index (χ2v) is 5.60. The van der Waals surface area contributed by atoms with E-state index in [1.165, 1.54) is 4.31 Å². The Morgan fingerprint density at radius 3 is 2.28 bits per heavy atom. The fourth-order valence-corrected chi connectivity index (χ4v) is 3.29. The zero-order chi connectivity index (χ0) is 14.2. The van der Waals surface area contributed by atoms with Gasteiger partial charge in [0.05, 0.1) is 6.61 Å². The van der Waals surface area contributed by atoms with Crippen LogP contribution in [0.4, 0.5) is 4.79 Å². The smallest absolute Gasteiger partial charge is 0.421 e. The van der Waals surface area contributed by atoms with Crippen molar-refractivity contribution in [3.8, 4) is 0 Å². The summed E-state index contributed by atoms with van der Waals surface area (Å²) < 4.78 is 31.7. The Morgan fingerprint density at radius 2 is 1.89 bits per heavy atom. The normalized spacial score (nSPS) is 11.9. The molecule has 1 N–H and O–H groups in total. The molecule has 0 saturated carbocycles. The largest absolute Gasteiger partial charge is 0.449 e. The summed E-state index contributed by atoms with van der Waals surface area (Å²) in [5.41, 5.74) is 0. The SMILES string of the molecule is CCOC(=O)NS(=O)(=O)N(CCCl)C(CC)CC. The number of halogens is 1. The average molecular weight is 301 g/mol. The lowest BCUT2D eigenvalue weighted by molar-refractivity contribution is 0.157. The molecule has 8 heteroatoms. The van der Waals surface area contributed by atoms with E-state index >= 15 is 0 Å². The third-order valence-electron chi connectivity index (χ3n) is 2.45. The van der Waals surface area contributed by atoms with Crippen LogP contribution in [0.15, 0.2) is 0 Å². The van der Waals surface area contributed by atoms with E-state index < -0.39 is 16.3 Å². The Labute approximate surface area is 114 Å². The van der Waals surface area contributed by atoms with Gasteiger partial charge in [0.1, 0.15) is 0 Å². The van der Waals surface area contributed by atoms with Gasteiger partial charge in [-0.2, -0.15) is 12.7 Å². The van der Waals surface area contributed by atoms with Crippen molar-refractivity contribution in [3.05, 3.63) is 0 Å². The molecule has 0 unspecified atom stereocenters. The van der Waals surface area contributed by atoms with Crippen molar-refractivity contribution in [2.75, 3.05) is 19.0 Å². The van der Waals surface area contributed by atoms with E-state index in [4.69, 9.17) is 11.6 Å². The number of alkyl halides is 1. The molecule has 0 aliphatic heterocycles. The second kappa shape index (κ2) is 8.55. The van der Waals surface area contributed by atoms with Gasteiger partial charge < -0.3 is 4.74 Å². The van der Waals surface area contributed by atoms with Gasteiger partial charge >= 0.3 is 16.3 Å².